The van der Waals surface area contributed by atoms with Crippen LogP contribution < -0.4 is 10.1 Å². The van der Waals surface area contributed by atoms with Gasteiger partial charge in [0.25, 0.3) is 5.91 Å². The molecule has 0 atom stereocenters. The van der Waals surface area contributed by atoms with Crippen LogP contribution in [0.4, 0.5) is 5.69 Å². The second-order valence-electron chi connectivity index (χ2n) is 6.39. The summed E-state index contributed by atoms with van der Waals surface area (Å²) < 4.78 is 15.3. The molecule has 2 aromatic rings. The first-order chi connectivity index (χ1) is 13.8. The molecule has 2 N–H and O–H groups in total. The third-order valence-electron chi connectivity index (χ3n) is 4.39. The minimum atomic E-state index is -0.727. The standard InChI is InChI=1S/C20H20N2O7/c1-4-27-20(26)18-10(2)17(11(3)21-18)19(25)29-8-14(23)12-5-6-15-13(7-12)22-16(24)9-28-15/h5-7,21H,4,8-9H2,1-3H3,(H,22,24). The summed E-state index contributed by atoms with van der Waals surface area (Å²) in [6, 6.07) is 4.56. The third kappa shape index (κ3) is 4.13. The zero-order chi connectivity index (χ0) is 21.1. The molecule has 0 fully saturated rings. The number of amides is 1. The van der Waals surface area contributed by atoms with E-state index in [-0.39, 0.29) is 35.9 Å². The number of anilines is 1. The van der Waals surface area contributed by atoms with Crippen molar-refractivity contribution in [1.29, 1.82) is 0 Å². The summed E-state index contributed by atoms with van der Waals surface area (Å²) in [6.45, 7) is 4.53. The molecule has 0 unspecified atom stereocenters. The van der Waals surface area contributed by atoms with Gasteiger partial charge in [0.15, 0.2) is 19.0 Å². The molecule has 2 heterocycles. The molecule has 0 aliphatic carbocycles. The summed E-state index contributed by atoms with van der Waals surface area (Å²) in [5.41, 5.74) is 1.84. The molecule has 9 nitrogen and oxygen atoms in total. The van der Waals surface area contributed by atoms with Crippen LogP contribution in [0.5, 0.6) is 5.75 Å². The number of hydrogen-bond donors (Lipinski definition) is 2. The molecular weight excluding hydrogens is 380 g/mol. The van der Waals surface area contributed by atoms with Crippen molar-refractivity contribution in [3.05, 3.63) is 46.3 Å². The number of ketones is 1. The number of fused-ring (bicyclic) bond motifs is 1. The van der Waals surface area contributed by atoms with Crippen LogP contribution in [-0.2, 0) is 14.3 Å². The number of carbonyl (C=O) groups is 4. The lowest BCUT2D eigenvalue weighted by Gasteiger charge is -2.18. The molecule has 0 spiro atoms. The Hall–Kier alpha value is -3.62. The van der Waals surface area contributed by atoms with E-state index in [0.29, 0.717) is 22.7 Å². The van der Waals surface area contributed by atoms with Gasteiger partial charge >= 0.3 is 11.9 Å². The van der Waals surface area contributed by atoms with E-state index in [9.17, 15) is 19.2 Å². The Labute approximate surface area is 166 Å². The minimum Gasteiger partial charge on any atom is -0.482 e. The Morgan fingerprint density at radius 2 is 1.90 bits per heavy atom. The smallest absolute Gasteiger partial charge is 0.355 e. The van der Waals surface area contributed by atoms with Crippen molar-refractivity contribution in [3.63, 3.8) is 0 Å². The van der Waals surface area contributed by atoms with Gasteiger partial charge in [0.05, 0.1) is 17.9 Å². The van der Waals surface area contributed by atoms with Crippen LogP contribution in [0.3, 0.4) is 0 Å². The normalized spacial score (nSPS) is 12.4. The number of carbonyl (C=O) groups excluding carboxylic acids is 4. The number of rotatable bonds is 6. The van der Waals surface area contributed by atoms with E-state index in [1.165, 1.54) is 12.1 Å². The zero-order valence-corrected chi connectivity index (χ0v) is 16.2. The molecule has 1 aromatic carbocycles. The molecule has 1 amide bonds. The number of ether oxygens (including phenoxy) is 3. The number of hydrogen-bond acceptors (Lipinski definition) is 7. The predicted octanol–water partition coefficient (Wildman–Crippen LogP) is 2.18. The molecule has 3 rings (SSSR count). The molecule has 0 saturated heterocycles. The van der Waals surface area contributed by atoms with Crippen molar-refractivity contribution in [2.24, 2.45) is 0 Å². The van der Waals surface area contributed by atoms with E-state index in [4.69, 9.17) is 14.2 Å². The first-order valence-corrected chi connectivity index (χ1v) is 8.95. The van der Waals surface area contributed by atoms with Crippen LogP contribution in [0.2, 0.25) is 0 Å². The highest BCUT2D eigenvalue weighted by Crippen LogP contribution is 2.28. The largest absolute Gasteiger partial charge is 0.482 e. The van der Waals surface area contributed by atoms with Crippen LogP contribution in [0.15, 0.2) is 18.2 Å². The zero-order valence-electron chi connectivity index (χ0n) is 16.2. The van der Waals surface area contributed by atoms with Gasteiger partial charge in [-0.1, -0.05) is 0 Å². The predicted molar refractivity (Wildman–Crippen MR) is 101 cm³/mol. The summed E-state index contributed by atoms with van der Waals surface area (Å²) in [7, 11) is 0. The molecule has 9 heteroatoms. The average molecular weight is 400 g/mol. The Bertz CT molecular complexity index is 1010. The highest BCUT2D eigenvalue weighted by molar-refractivity contribution is 6.03. The van der Waals surface area contributed by atoms with E-state index in [1.54, 1.807) is 26.8 Å². The molecule has 29 heavy (non-hydrogen) atoms. The third-order valence-corrected chi connectivity index (χ3v) is 4.39. The maximum Gasteiger partial charge on any atom is 0.355 e. The van der Waals surface area contributed by atoms with Crippen molar-refractivity contribution in [2.45, 2.75) is 20.8 Å². The highest BCUT2D eigenvalue weighted by Gasteiger charge is 2.25. The number of Topliss-reactive ketones (excluding diaryl/α,β-unsaturated/α-hetero) is 1. The molecule has 1 aliphatic rings. The quantitative estimate of drug-likeness (QED) is 0.562. The van der Waals surface area contributed by atoms with Crippen molar-refractivity contribution < 1.29 is 33.4 Å². The fraction of sp³-hybridized carbons (Fsp3) is 0.300. The lowest BCUT2D eigenvalue weighted by molar-refractivity contribution is -0.118. The molecule has 0 bridgehead atoms. The lowest BCUT2D eigenvalue weighted by atomic mass is 10.1. The summed E-state index contributed by atoms with van der Waals surface area (Å²) >= 11 is 0. The first kappa shape index (κ1) is 20.1. The van der Waals surface area contributed by atoms with Gasteiger partial charge in [-0.15, -0.1) is 0 Å². The van der Waals surface area contributed by atoms with Gasteiger partial charge in [0.2, 0.25) is 0 Å². The van der Waals surface area contributed by atoms with Gasteiger partial charge in [-0.2, -0.15) is 0 Å². The summed E-state index contributed by atoms with van der Waals surface area (Å²) in [5, 5.41) is 2.61. The Morgan fingerprint density at radius 3 is 2.62 bits per heavy atom. The molecule has 0 saturated carbocycles. The van der Waals surface area contributed by atoms with Crippen molar-refractivity contribution in [1.82, 2.24) is 4.98 Å². The van der Waals surface area contributed by atoms with Gasteiger partial charge in [0.1, 0.15) is 11.4 Å². The fourth-order valence-electron chi connectivity index (χ4n) is 3.01. The SMILES string of the molecule is CCOC(=O)c1[nH]c(C)c(C(=O)OCC(=O)c2ccc3c(c2)NC(=O)CO3)c1C. The van der Waals surface area contributed by atoms with Crippen LogP contribution in [-0.4, -0.2) is 48.4 Å². The van der Waals surface area contributed by atoms with E-state index in [0.717, 1.165) is 0 Å². The number of esters is 2. The number of aryl methyl sites for hydroxylation is 1. The fourth-order valence-corrected chi connectivity index (χ4v) is 3.01. The van der Waals surface area contributed by atoms with E-state index in [2.05, 4.69) is 10.3 Å². The highest BCUT2D eigenvalue weighted by atomic mass is 16.5. The molecule has 0 radical (unpaired) electrons. The molecular formula is C20H20N2O7. The number of aromatic nitrogens is 1. The Morgan fingerprint density at radius 1 is 1.14 bits per heavy atom. The monoisotopic (exact) mass is 400 g/mol. The van der Waals surface area contributed by atoms with Crippen LogP contribution in [0.1, 0.15) is 49.4 Å². The van der Waals surface area contributed by atoms with Crippen molar-refractivity contribution >= 4 is 29.3 Å². The second-order valence-corrected chi connectivity index (χ2v) is 6.39. The number of aromatic amines is 1. The van der Waals surface area contributed by atoms with Gasteiger partial charge in [-0.25, -0.2) is 9.59 Å². The number of H-pyrrole nitrogens is 1. The maximum atomic E-state index is 12.5. The second kappa shape index (κ2) is 8.17. The van der Waals surface area contributed by atoms with Gasteiger partial charge in [-0.05, 0) is 44.5 Å². The summed E-state index contributed by atoms with van der Waals surface area (Å²) in [4.78, 5) is 51.0. The number of benzene rings is 1. The molecule has 1 aliphatic heterocycles. The Balaban J connectivity index is 1.70. The van der Waals surface area contributed by atoms with E-state index < -0.39 is 24.3 Å². The van der Waals surface area contributed by atoms with Crippen molar-refractivity contribution in [3.8, 4) is 5.75 Å². The number of nitrogens with one attached hydrogen (secondary N) is 2. The van der Waals surface area contributed by atoms with Crippen molar-refractivity contribution in [2.75, 3.05) is 25.1 Å². The first-order valence-electron chi connectivity index (χ1n) is 8.95. The van der Waals surface area contributed by atoms with Crippen LogP contribution in [0.25, 0.3) is 0 Å². The van der Waals surface area contributed by atoms with E-state index in [1.807, 2.05) is 0 Å². The maximum absolute atomic E-state index is 12.5. The minimum absolute atomic E-state index is 0.0823. The lowest BCUT2D eigenvalue weighted by Crippen LogP contribution is -2.25. The van der Waals surface area contributed by atoms with Gasteiger partial charge in [0, 0.05) is 11.3 Å². The van der Waals surface area contributed by atoms with Crippen LogP contribution >= 0.6 is 0 Å². The summed E-state index contributed by atoms with van der Waals surface area (Å²) in [6.07, 6.45) is 0. The van der Waals surface area contributed by atoms with Crippen LogP contribution in [0, 0.1) is 13.8 Å². The molecule has 1 aromatic heterocycles. The summed E-state index contributed by atoms with van der Waals surface area (Å²) in [5.74, 6) is -1.60. The van der Waals surface area contributed by atoms with E-state index >= 15 is 0 Å². The average Bonchev–Trinajstić information content (AvgIpc) is 2.99. The van der Waals surface area contributed by atoms with Gasteiger partial charge in [-0.3, -0.25) is 9.59 Å². The Kier molecular flexibility index (Phi) is 5.67. The topological polar surface area (TPSA) is 124 Å². The molecule has 152 valence electrons. The van der Waals surface area contributed by atoms with Gasteiger partial charge < -0.3 is 24.5 Å².